The Hall–Kier alpha value is -3.16. The maximum absolute atomic E-state index is 13.3. The number of nitrogens with zero attached hydrogens (tertiary/aromatic N) is 3. The van der Waals surface area contributed by atoms with Gasteiger partial charge in [-0.15, -0.1) is 0 Å². The normalized spacial score (nSPS) is 10.9. The van der Waals surface area contributed by atoms with E-state index in [1.54, 1.807) is 24.1 Å². The zero-order valence-corrected chi connectivity index (χ0v) is 16.7. The minimum absolute atomic E-state index is 0.132. The Morgan fingerprint density at radius 1 is 1.24 bits per heavy atom. The first kappa shape index (κ1) is 20.6. The molecule has 0 spiro atoms. The summed E-state index contributed by atoms with van der Waals surface area (Å²) in [6.07, 6.45) is 3.75. The topological polar surface area (TPSA) is 87.0 Å². The van der Waals surface area contributed by atoms with Crippen LogP contribution in [0.3, 0.4) is 0 Å². The molecule has 0 bridgehead atoms. The van der Waals surface area contributed by atoms with Crippen LogP contribution in [-0.2, 0) is 13.0 Å². The Bertz CT molecular complexity index is 937. The SMILES string of the molecule is Cc1cc(CNC(=O)N(C)CCCCCc2cc(-c3cccc(F)c3)n[nH]2)on1. The quantitative estimate of drug-likeness (QED) is 0.531. The maximum Gasteiger partial charge on any atom is 0.317 e. The fraction of sp³-hybridized carbons (Fsp3) is 0.381. The lowest BCUT2D eigenvalue weighted by Crippen LogP contribution is -2.37. The largest absolute Gasteiger partial charge is 0.359 e. The van der Waals surface area contributed by atoms with E-state index in [0.717, 1.165) is 48.3 Å². The Morgan fingerprint density at radius 2 is 2.10 bits per heavy atom. The van der Waals surface area contributed by atoms with Gasteiger partial charge in [0.2, 0.25) is 0 Å². The van der Waals surface area contributed by atoms with Gasteiger partial charge in [-0.2, -0.15) is 5.10 Å². The second-order valence-electron chi connectivity index (χ2n) is 7.11. The summed E-state index contributed by atoms with van der Waals surface area (Å²) in [5.41, 5.74) is 3.33. The lowest BCUT2D eigenvalue weighted by Gasteiger charge is -2.17. The molecule has 0 saturated heterocycles. The monoisotopic (exact) mass is 399 g/mol. The number of benzene rings is 1. The summed E-state index contributed by atoms with van der Waals surface area (Å²) < 4.78 is 18.4. The second kappa shape index (κ2) is 9.86. The van der Waals surface area contributed by atoms with Crippen molar-refractivity contribution in [2.45, 2.75) is 39.2 Å². The van der Waals surface area contributed by atoms with Crippen LogP contribution in [0.5, 0.6) is 0 Å². The molecule has 0 unspecified atom stereocenters. The molecular formula is C21H26FN5O2. The molecule has 0 fully saturated rings. The van der Waals surface area contributed by atoms with Crippen LogP contribution in [-0.4, -0.2) is 39.9 Å². The van der Waals surface area contributed by atoms with E-state index in [2.05, 4.69) is 20.7 Å². The molecule has 2 N–H and O–H groups in total. The zero-order valence-electron chi connectivity index (χ0n) is 16.7. The van der Waals surface area contributed by atoms with Crippen molar-refractivity contribution in [1.82, 2.24) is 25.6 Å². The van der Waals surface area contributed by atoms with Crippen molar-refractivity contribution in [3.63, 3.8) is 0 Å². The van der Waals surface area contributed by atoms with Crippen LogP contribution in [0.1, 0.15) is 36.4 Å². The maximum atomic E-state index is 13.3. The highest BCUT2D eigenvalue weighted by Crippen LogP contribution is 2.19. The van der Waals surface area contributed by atoms with Crippen molar-refractivity contribution < 1.29 is 13.7 Å². The van der Waals surface area contributed by atoms with Crippen molar-refractivity contribution in [3.05, 3.63) is 59.4 Å². The first-order valence-corrected chi connectivity index (χ1v) is 9.72. The Balaban J connectivity index is 1.33. The van der Waals surface area contributed by atoms with Gasteiger partial charge in [-0.1, -0.05) is 23.7 Å². The van der Waals surface area contributed by atoms with Gasteiger partial charge in [-0.25, -0.2) is 9.18 Å². The third kappa shape index (κ3) is 6.17. The summed E-state index contributed by atoms with van der Waals surface area (Å²) in [5, 5.41) is 13.9. The molecule has 0 radical (unpaired) electrons. The Kier molecular flexibility index (Phi) is 6.99. The fourth-order valence-electron chi connectivity index (χ4n) is 3.03. The van der Waals surface area contributed by atoms with Gasteiger partial charge in [0.15, 0.2) is 5.76 Å². The highest BCUT2D eigenvalue weighted by Gasteiger charge is 2.10. The first-order valence-electron chi connectivity index (χ1n) is 9.72. The minimum Gasteiger partial charge on any atom is -0.359 e. The van der Waals surface area contributed by atoms with Gasteiger partial charge >= 0.3 is 6.03 Å². The number of hydrogen-bond acceptors (Lipinski definition) is 4. The zero-order chi connectivity index (χ0) is 20.6. The van der Waals surface area contributed by atoms with Crippen LogP contribution in [0.4, 0.5) is 9.18 Å². The molecule has 2 aromatic heterocycles. The molecule has 2 amide bonds. The van der Waals surface area contributed by atoms with Gasteiger partial charge in [0, 0.05) is 30.9 Å². The molecule has 0 aliphatic carbocycles. The number of unbranched alkanes of at least 4 members (excludes halogenated alkanes) is 2. The Morgan fingerprint density at radius 3 is 2.86 bits per heavy atom. The van der Waals surface area contributed by atoms with Gasteiger partial charge < -0.3 is 14.7 Å². The standard InChI is InChI=1S/C21H26FN5O2/c1-15-11-19(29-26-15)14-23-21(28)27(2)10-5-3-4-9-18-13-20(25-24-18)16-7-6-8-17(22)12-16/h6-8,11-13H,3-5,9-10,14H2,1-2H3,(H,23,28)(H,24,25). The van der Waals surface area contributed by atoms with Crippen LogP contribution in [0.25, 0.3) is 11.3 Å². The second-order valence-corrected chi connectivity index (χ2v) is 7.11. The third-order valence-electron chi connectivity index (χ3n) is 4.63. The van der Waals surface area contributed by atoms with E-state index in [1.165, 1.54) is 12.1 Å². The van der Waals surface area contributed by atoms with Gasteiger partial charge in [0.05, 0.1) is 17.9 Å². The molecule has 2 heterocycles. The fourth-order valence-corrected chi connectivity index (χ4v) is 3.03. The lowest BCUT2D eigenvalue weighted by molar-refractivity contribution is 0.206. The van der Waals surface area contributed by atoms with Crippen molar-refractivity contribution in [3.8, 4) is 11.3 Å². The predicted octanol–water partition coefficient (Wildman–Crippen LogP) is 4.07. The first-order chi connectivity index (χ1) is 14.0. The van der Waals surface area contributed by atoms with E-state index < -0.39 is 0 Å². The summed E-state index contributed by atoms with van der Waals surface area (Å²) in [6.45, 7) is 2.85. The number of rotatable bonds is 9. The van der Waals surface area contributed by atoms with Crippen molar-refractivity contribution in [2.24, 2.45) is 0 Å². The number of halogens is 1. The molecular weight excluding hydrogens is 373 g/mol. The van der Waals surface area contributed by atoms with E-state index in [9.17, 15) is 9.18 Å². The van der Waals surface area contributed by atoms with Crippen molar-refractivity contribution in [2.75, 3.05) is 13.6 Å². The molecule has 0 aliphatic heterocycles. The van der Waals surface area contributed by atoms with Crippen molar-refractivity contribution >= 4 is 6.03 Å². The average Bonchev–Trinajstić information content (AvgIpc) is 3.34. The van der Waals surface area contributed by atoms with E-state index in [-0.39, 0.29) is 11.8 Å². The molecule has 1 aromatic carbocycles. The molecule has 0 atom stereocenters. The van der Waals surface area contributed by atoms with Gasteiger partial charge in [0.1, 0.15) is 5.82 Å². The lowest BCUT2D eigenvalue weighted by atomic mass is 10.1. The number of H-pyrrole nitrogens is 1. The summed E-state index contributed by atoms with van der Waals surface area (Å²) in [4.78, 5) is 13.8. The van der Waals surface area contributed by atoms with E-state index in [4.69, 9.17) is 4.52 Å². The predicted molar refractivity (Wildman–Crippen MR) is 108 cm³/mol. The number of aryl methyl sites for hydroxylation is 2. The van der Waals surface area contributed by atoms with Crippen LogP contribution >= 0.6 is 0 Å². The summed E-state index contributed by atoms with van der Waals surface area (Å²) in [7, 11) is 1.78. The number of aromatic nitrogens is 3. The molecule has 154 valence electrons. The molecule has 3 aromatic rings. The number of nitrogens with one attached hydrogen (secondary N) is 2. The van der Waals surface area contributed by atoms with Crippen molar-refractivity contribution in [1.29, 1.82) is 0 Å². The number of amides is 2. The van der Waals surface area contributed by atoms with E-state index in [0.29, 0.717) is 18.8 Å². The molecule has 29 heavy (non-hydrogen) atoms. The number of carbonyl (C=O) groups is 1. The number of aromatic amines is 1. The van der Waals surface area contributed by atoms with Crippen LogP contribution in [0.2, 0.25) is 0 Å². The molecule has 8 heteroatoms. The summed E-state index contributed by atoms with van der Waals surface area (Å²) in [6, 6.07) is 10.0. The summed E-state index contributed by atoms with van der Waals surface area (Å²) in [5.74, 6) is 0.373. The smallest absolute Gasteiger partial charge is 0.317 e. The third-order valence-corrected chi connectivity index (χ3v) is 4.63. The highest BCUT2D eigenvalue weighted by atomic mass is 19.1. The van der Waals surface area contributed by atoms with Crippen LogP contribution in [0, 0.1) is 12.7 Å². The Labute approximate surface area is 169 Å². The number of urea groups is 1. The van der Waals surface area contributed by atoms with Gasteiger partial charge in [0.25, 0.3) is 0 Å². The molecule has 3 rings (SSSR count). The number of hydrogen-bond donors (Lipinski definition) is 2. The molecule has 0 aliphatic rings. The highest BCUT2D eigenvalue weighted by molar-refractivity contribution is 5.73. The van der Waals surface area contributed by atoms with E-state index >= 15 is 0 Å². The minimum atomic E-state index is -0.267. The van der Waals surface area contributed by atoms with Crippen LogP contribution < -0.4 is 5.32 Å². The number of carbonyl (C=O) groups excluding carboxylic acids is 1. The molecule has 0 saturated carbocycles. The van der Waals surface area contributed by atoms with Gasteiger partial charge in [-0.05, 0) is 44.4 Å². The van der Waals surface area contributed by atoms with E-state index in [1.807, 2.05) is 19.1 Å². The molecule has 7 nitrogen and oxygen atoms in total. The van der Waals surface area contributed by atoms with Crippen LogP contribution in [0.15, 0.2) is 40.9 Å². The average molecular weight is 399 g/mol. The van der Waals surface area contributed by atoms with Gasteiger partial charge in [-0.3, -0.25) is 5.10 Å². The summed E-state index contributed by atoms with van der Waals surface area (Å²) >= 11 is 0.